The van der Waals surface area contributed by atoms with E-state index in [0.717, 1.165) is 6.07 Å². The van der Waals surface area contributed by atoms with Crippen molar-refractivity contribution in [2.24, 2.45) is 5.92 Å². The zero-order valence-electron chi connectivity index (χ0n) is 14.1. The number of anilines is 1. The van der Waals surface area contributed by atoms with E-state index in [4.69, 9.17) is 0 Å². The molecule has 0 saturated heterocycles. The number of alkyl halides is 3. The van der Waals surface area contributed by atoms with Gasteiger partial charge in [-0.25, -0.2) is 0 Å². The topological polar surface area (TPSA) is 78.3 Å². The van der Waals surface area contributed by atoms with Gasteiger partial charge in [-0.05, 0) is 49.6 Å². The lowest BCUT2D eigenvalue weighted by molar-refractivity contribution is -0.137. The Bertz CT molecular complexity index is 708. The fourth-order valence-corrected chi connectivity index (χ4v) is 2.26. The molecule has 2 atom stereocenters. The van der Waals surface area contributed by atoms with Crippen LogP contribution in [0.15, 0.2) is 24.3 Å². The number of hydrogen-bond acceptors (Lipinski definition) is 5. The molecule has 0 spiro atoms. The minimum absolute atomic E-state index is 0.0164. The molecule has 1 aromatic carbocycles. The third kappa shape index (κ3) is 4.60. The number of nitrogens with one attached hydrogen (secondary N) is 1. The summed E-state index contributed by atoms with van der Waals surface area (Å²) in [4.78, 5) is 0. The molecule has 1 unspecified atom stereocenters. The van der Waals surface area contributed by atoms with Crippen LogP contribution in [0.5, 0.6) is 5.75 Å². The molecule has 2 aromatic rings. The van der Waals surface area contributed by atoms with Gasteiger partial charge in [-0.3, -0.25) is 0 Å². The number of aliphatic hydroxyl groups is 1. The quantitative estimate of drug-likeness (QED) is 0.764. The Morgan fingerprint density at radius 1 is 1.16 bits per heavy atom. The van der Waals surface area contributed by atoms with Crippen LogP contribution < -0.4 is 5.32 Å². The number of hydrogen-bond donors (Lipinski definition) is 3. The molecule has 25 heavy (non-hydrogen) atoms. The minimum atomic E-state index is -4.53. The number of nitrogens with zero attached hydrogens (tertiary/aromatic N) is 2. The first kappa shape index (κ1) is 19.0. The van der Waals surface area contributed by atoms with Crippen molar-refractivity contribution in [1.29, 1.82) is 0 Å². The number of aromatic nitrogens is 2. The Morgan fingerprint density at radius 2 is 1.84 bits per heavy atom. The molecule has 3 N–H and O–H groups in total. The van der Waals surface area contributed by atoms with Gasteiger partial charge in [-0.1, -0.05) is 6.92 Å². The lowest BCUT2D eigenvalue weighted by Crippen LogP contribution is -2.22. The van der Waals surface area contributed by atoms with Gasteiger partial charge in [0.25, 0.3) is 0 Å². The van der Waals surface area contributed by atoms with Crippen molar-refractivity contribution in [3.8, 4) is 17.0 Å². The molecule has 0 amide bonds. The molecular weight excluding hydrogens is 335 g/mol. The molecule has 0 radical (unpaired) electrons. The van der Waals surface area contributed by atoms with Crippen LogP contribution >= 0.6 is 0 Å². The summed E-state index contributed by atoms with van der Waals surface area (Å²) in [6.07, 6.45) is -4.99. The van der Waals surface area contributed by atoms with Crippen LogP contribution in [0, 0.1) is 12.8 Å². The normalized spacial score (nSPS) is 14.2. The maximum Gasteiger partial charge on any atom is 0.416 e. The molecule has 2 rings (SSSR count). The number of aryl methyl sites for hydroxylation is 1. The number of aliphatic hydroxyl groups excluding tert-OH is 1. The molecule has 1 heterocycles. The largest absolute Gasteiger partial charge is 0.507 e. The van der Waals surface area contributed by atoms with Crippen LogP contribution in [0.3, 0.4) is 0 Å². The fraction of sp³-hybridized carbons (Fsp3) is 0.412. The van der Waals surface area contributed by atoms with Gasteiger partial charge in [-0.15, -0.1) is 10.2 Å². The summed E-state index contributed by atoms with van der Waals surface area (Å²) in [7, 11) is 0. The molecule has 0 aliphatic rings. The minimum Gasteiger partial charge on any atom is -0.507 e. The SMILES string of the molecule is Cc1cc(C(F)(F)F)cc(O)c1-c1ccc(NCC(C)[C@H](C)O)nn1. The average molecular weight is 355 g/mol. The van der Waals surface area contributed by atoms with Crippen LogP contribution in [0.4, 0.5) is 19.0 Å². The van der Waals surface area contributed by atoms with Gasteiger partial charge in [0.05, 0.1) is 17.4 Å². The average Bonchev–Trinajstić information content (AvgIpc) is 2.52. The Hall–Kier alpha value is -2.35. The maximum absolute atomic E-state index is 12.8. The summed E-state index contributed by atoms with van der Waals surface area (Å²) < 4.78 is 38.3. The van der Waals surface area contributed by atoms with E-state index in [0.29, 0.717) is 18.4 Å². The van der Waals surface area contributed by atoms with E-state index in [1.807, 2.05) is 6.92 Å². The van der Waals surface area contributed by atoms with Crippen LogP contribution in [-0.4, -0.2) is 33.1 Å². The highest BCUT2D eigenvalue weighted by atomic mass is 19.4. The smallest absolute Gasteiger partial charge is 0.416 e. The first-order valence-corrected chi connectivity index (χ1v) is 7.76. The van der Waals surface area contributed by atoms with Gasteiger partial charge < -0.3 is 15.5 Å². The first-order chi connectivity index (χ1) is 11.6. The molecule has 0 fully saturated rings. The van der Waals surface area contributed by atoms with E-state index < -0.39 is 23.6 Å². The standard InChI is InChI=1S/C17H20F3N3O2/c1-9-6-12(17(18,19)20)7-14(25)16(9)13-4-5-15(23-22-13)21-8-10(2)11(3)24/h4-7,10-11,24-25H,8H2,1-3H3,(H,21,23)/t10?,11-/m0/s1. The van der Waals surface area contributed by atoms with Crippen LogP contribution in [0.2, 0.25) is 0 Å². The summed E-state index contributed by atoms with van der Waals surface area (Å²) in [6.45, 7) is 5.54. The molecule has 5 nitrogen and oxygen atoms in total. The van der Waals surface area contributed by atoms with Crippen molar-refractivity contribution in [3.05, 3.63) is 35.4 Å². The summed E-state index contributed by atoms with van der Waals surface area (Å²) >= 11 is 0. The van der Waals surface area contributed by atoms with Gasteiger partial charge in [0.15, 0.2) is 0 Å². The van der Waals surface area contributed by atoms with Gasteiger partial charge in [0, 0.05) is 12.1 Å². The molecule has 8 heteroatoms. The second-order valence-corrected chi connectivity index (χ2v) is 6.09. The highest BCUT2D eigenvalue weighted by Gasteiger charge is 2.32. The highest BCUT2D eigenvalue weighted by Crippen LogP contribution is 2.38. The van der Waals surface area contributed by atoms with Crippen LogP contribution in [0.25, 0.3) is 11.3 Å². The lowest BCUT2D eigenvalue weighted by Gasteiger charge is -2.16. The Balaban J connectivity index is 2.22. The third-order valence-corrected chi connectivity index (χ3v) is 3.99. The van der Waals surface area contributed by atoms with E-state index in [1.54, 1.807) is 19.1 Å². The second-order valence-electron chi connectivity index (χ2n) is 6.09. The molecule has 1 aromatic heterocycles. The fourth-order valence-electron chi connectivity index (χ4n) is 2.26. The van der Waals surface area contributed by atoms with Gasteiger partial charge in [0.1, 0.15) is 11.6 Å². The third-order valence-electron chi connectivity index (χ3n) is 3.99. The van der Waals surface area contributed by atoms with Crippen molar-refractivity contribution in [2.45, 2.75) is 33.1 Å². The van der Waals surface area contributed by atoms with Crippen LogP contribution in [0.1, 0.15) is 25.0 Å². The van der Waals surface area contributed by atoms with E-state index in [9.17, 15) is 23.4 Å². The van der Waals surface area contributed by atoms with Gasteiger partial charge in [-0.2, -0.15) is 13.2 Å². The Morgan fingerprint density at radius 3 is 2.32 bits per heavy atom. The van der Waals surface area contributed by atoms with Crippen molar-refractivity contribution >= 4 is 5.82 Å². The lowest BCUT2D eigenvalue weighted by atomic mass is 10.0. The number of phenolic OH excluding ortho intramolecular Hbond substituents is 1. The number of rotatable bonds is 5. The van der Waals surface area contributed by atoms with Crippen molar-refractivity contribution < 1.29 is 23.4 Å². The van der Waals surface area contributed by atoms with Gasteiger partial charge in [0.2, 0.25) is 0 Å². The predicted molar refractivity (Wildman–Crippen MR) is 88.2 cm³/mol. The molecule has 0 aliphatic heterocycles. The molecular formula is C17H20F3N3O2. The summed E-state index contributed by atoms with van der Waals surface area (Å²) in [6, 6.07) is 4.83. The number of phenols is 1. The zero-order valence-corrected chi connectivity index (χ0v) is 14.1. The maximum atomic E-state index is 12.8. The molecule has 136 valence electrons. The predicted octanol–water partition coefficient (Wildman–Crippen LogP) is 3.61. The number of aromatic hydroxyl groups is 1. The second kappa shape index (κ2) is 7.26. The van der Waals surface area contributed by atoms with E-state index >= 15 is 0 Å². The number of benzene rings is 1. The monoisotopic (exact) mass is 355 g/mol. The van der Waals surface area contributed by atoms with Crippen molar-refractivity contribution in [1.82, 2.24) is 10.2 Å². The Kier molecular flexibility index (Phi) is 5.52. The summed E-state index contributed by atoms with van der Waals surface area (Å²) in [5, 5.41) is 30.4. The summed E-state index contributed by atoms with van der Waals surface area (Å²) in [5.41, 5.74) is -0.170. The Labute approximate surface area is 143 Å². The number of halogens is 3. The van der Waals surface area contributed by atoms with Crippen molar-refractivity contribution in [3.63, 3.8) is 0 Å². The first-order valence-electron chi connectivity index (χ1n) is 7.76. The van der Waals surface area contributed by atoms with Crippen LogP contribution in [-0.2, 0) is 6.18 Å². The van der Waals surface area contributed by atoms with Crippen molar-refractivity contribution in [2.75, 3.05) is 11.9 Å². The zero-order chi connectivity index (χ0) is 18.8. The van der Waals surface area contributed by atoms with E-state index in [2.05, 4.69) is 15.5 Å². The van der Waals surface area contributed by atoms with E-state index in [-0.39, 0.29) is 22.7 Å². The molecule has 0 bridgehead atoms. The molecule has 0 aliphatic carbocycles. The summed E-state index contributed by atoms with van der Waals surface area (Å²) in [5.74, 6) is -0.00644. The van der Waals surface area contributed by atoms with Gasteiger partial charge >= 0.3 is 6.18 Å². The van der Waals surface area contributed by atoms with E-state index in [1.165, 1.54) is 6.92 Å². The highest BCUT2D eigenvalue weighted by molar-refractivity contribution is 5.71. The molecule has 0 saturated carbocycles.